The Kier molecular flexibility index (Phi) is 7.81. The summed E-state index contributed by atoms with van der Waals surface area (Å²) in [6.45, 7) is 7.40. The van der Waals surface area contributed by atoms with Gasteiger partial charge in [0.15, 0.2) is 0 Å². The third-order valence-electron chi connectivity index (χ3n) is 3.08. The molecule has 0 aromatic rings. The summed E-state index contributed by atoms with van der Waals surface area (Å²) in [5.41, 5.74) is 0. The number of likely N-dealkylation sites (N-methyl/N-ethyl adjacent to an activating group) is 1. The average molecular weight is 228 g/mol. The van der Waals surface area contributed by atoms with Crippen molar-refractivity contribution in [1.82, 2.24) is 10.2 Å². The molecule has 3 nitrogen and oxygen atoms in total. The van der Waals surface area contributed by atoms with Gasteiger partial charge in [-0.1, -0.05) is 6.92 Å². The first-order chi connectivity index (χ1) is 7.84. The summed E-state index contributed by atoms with van der Waals surface area (Å²) >= 11 is 0. The van der Waals surface area contributed by atoms with Gasteiger partial charge in [-0.3, -0.25) is 0 Å². The zero-order valence-corrected chi connectivity index (χ0v) is 11.0. The van der Waals surface area contributed by atoms with E-state index in [9.17, 15) is 0 Å². The maximum atomic E-state index is 5.62. The largest absolute Gasteiger partial charge is 0.380 e. The topological polar surface area (TPSA) is 24.5 Å². The number of unbranched alkanes of at least 4 members (excludes halogenated alkanes) is 1. The number of hydrogen-bond acceptors (Lipinski definition) is 3. The molecule has 0 amide bonds. The van der Waals surface area contributed by atoms with Crippen molar-refractivity contribution in [3.05, 3.63) is 0 Å². The van der Waals surface area contributed by atoms with E-state index >= 15 is 0 Å². The van der Waals surface area contributed by atoms with Crippen LogP contribution in [0.3, 0.4) is 0 Å². The van der Waals surface area contributed by atoms with Crippen LogP contribution in [-0.2, 0) is 4.74 Å². The standard InChI is InChI=1S/C13H28N2O/c1-3-8-14-9-4-5-11-16-12-10-15(2)13-6-7-13/h13-14H,3-12H2,1-2H3. The van der Waals surface area contributed by atoms with Crippen molar-refractivity contribution in [2.75, 3.05) is 39.9 Å². The predicted molar refractivity (Wildman–Crippen MR) is 68.9 cm³/mol. The van der Waals surface area contributed by atoms with Crippen molar-refractivity contribution in [2.45, 2.75) is 45.1 Å². The molecular formula is C13H28N2O. The smallest absolute Gasteiger partial charge is 0.0593 e. The van der Waals surface area contributed by atoms with Crippen LogP contribution in [0.15, 0.2) is 0 Å². The normalized spacial score (nSPS) is 15.9. The molecule has 1 aliphatic carbocycles. The first kappa shape index (κ1) is 13.9. The molecule has 1 fully saturated rings. The summed E-state index contributed by atoms with van der Waals surface area (Å²) in [7, 11) is 2.20. The van der Waals surface area contributed by atoms with Gasteiger partial charge in [-0.2, -0.15) is 0 Å². The van der Waals surface area contributed by atoms with Gasteiger partial charge in [0.1, 0.15) is 0 Å². The molecule has 1 saturated carbocycles. The van der Waals surface area contributed by atoms with E-state index in [4.69, 9.17) is 4.74 Å². The van der Waals surface area contributed by atoms with Gasteiger partial charge < -0.3 is 15.0 Å². The molecule has 0 saturated heterocycles. The summed E-state index contributed by atoms with van der Waals surface area (Å²) in [6.07, 6.45) is 6.42. The van der Waals surface area contributed by atoms with Crippen LogP contribution in [-0.4, -0.2) is 50.8 Å². The molecule has 96 valence electrons. The summed E-state index contributed by atoms with van der Waals surface area (Å²) in [6, 6.07) is 0.863. The Bertz CT molecular complexity index is 160. The van der Waals surface area contributed by atoms with E-state index in [2.05, 4.69) is 24.2 Å². The van der Waals surface area contributed by atoms with Crippen molar-refractivity contribution >= 4 is 0 Å². The highest BCUT2D eigenvalue weighted by Crippen LogP contribution is 2.24. The van der Waals surface area contributed by atoms with Crippen LogP contribution in [0.5, 0.6) is 0 Å². The van der Waals surface area contributed by atoms with Gasteiger partial charge in [-0.05, 0) is 52.2 Å². The van der Waals surface area contributed by atoms with Gasteiger partial charge in [0.25, 0.3) is 0 Å². The molecule has 0 spiro atoms. The third kappa shape index (κ3) is 7.20. The number of nitrogens with one attached hydrogen (secondary N) is 1. The van der Waals surface area contributed by atoms with Crippen LogP contribution in [0, 0.1) is 0 Å². The second kappa shape index (κ2) is 8.97. The first-order valence-corrected chi connectivity index (χ1v) is 6.83. The fourth-order valence-electron chi connectivity index (χ4n) is 1.76. The highest BCUT2D eigenvalue weighted by Gasteiger charge is 2.25. The molecular weight excluding hydrogens is 200 g/mol. The molecule has 1 rings (SSSR count). The SMILES string of the molecule is CCCNCCCCOCCN(C)C1CC1. The molecule has 0 radical (unpaired) electrons. The van der Waals surface area contributed by atoms with Gasteiger partial charge in [-0.15, -0.1) is 0 Å². The minimum atomic E-state index is 0.863. The van der Waals surface area contributed by atoms with E-state index in [1.54, 1.807) is 0 Å². The maximum absolute atomic E-state index is 5.62. The summed E-state index contributed by atoms with van der Waals surface area (Å²) in [5, 5.41) is 3.40. The van der Waals surface area contributed by atoms with Crippen LogP contribution < -0.4 is 5.32 Å². The van der Waals surface area contributed by atoms with E-state index in [-0.39, 0.29) is 0 Å². The van der Waals surface area contributed by atoms with E-state index in [1.807, 2.05) is 0 Å². The van der Waals surface area contributed by atoms with E-state index in [0.29, 0.717) is 0 Å². The molecule has 1 N–H and O–H groups in total. The number of ether oxygens (including phenoxy) is 1. The molecule has 0 aromatic heterocycles. The number of rotatable bonds is 11. The Labute approximate surface area is 101 Å². The van der Waals surface area contributed by atoms with Crippen molar-refractivity contribution in [3.8, 4) is 0 Å². The van der Waals surface area contributed by atoms with E-state index in [1.165, 1.54) is 32.1 Å². The Morgan fingerprint density at radius 2 is 2.00 bits per heavy atom. The van der Waals surface area contributed by atoms with E-state index < -0.39 is 0 Å². The Morgan fingerprint density at radius 3 is 2.69 bits per heavy atom. The lowest BCUT2D eigenvalue weighted by Gasteiger charge is -2.15. The first-order valence-electron chi connectivity index (χ1n) is 6.83. The Morgan fingerprint density at radius 1 is 1.19 bits per heavy atom. The fourth-order valence-corrected chi connectivity index (χ4v) is 1.76. The molecule has 0 unspecified atom stereocenters. The van der Waals surface area contributed by atoms with E-state index in [0.717, 1.165) is 38.9 Å². The second-order valence-corrected chi connectivity index (χ2v) is 4.78. The molecule has 0 aromatic carbocycles. The number of hydrogen-bond donors (Lipinski definition) is 1. The van der Waals surface area contributed by atoms with Crippen molar-refractivity contribution in [2.24, 2.45) is 0 Å². The highest BCUT2D eigenvalue weighted by atomic mass is 16.5. The van der Waals surface area contributed by atoms with Gasteiger partial charge in [0.2, 0.25) is 0 Å². The highest BCUT2D eigenvalue weighted by molar-refractivity contribution is 4.81. The lowest BCUT2D eigenvalue weighted by atomic mass is 10.3. The van der Waals surface area contributed by atoms with Gasteiger partial charge >= 0.3 is 0 Å². The lowest BCUT2D eigenvalue weighted by Crippen LogP contribution is -2.25. The minimum absolute atomic E-state index is 0.863. The van der Waals surface area contributed by atoms with Crippen LogP contribution in [0.1, 0.15) is 39.0 Å². The van der Waals surface area contributed by atoms with Gasteiger partial charge in [0.05, 0.1) is 6.61 Å². The second-order valence-electron chi connectivity index (χ2n) is 4.78. The van der Waals surface area contributed by atoms with Gasteiger partial charge in [0, 0.05) is 19.2 Å². The quantitative estimate of drug-likeness (QED) is 0.546. The summed E-state index contributed by atoms with van der Waals surface area (Å²) < 4.78 is 5.62. The van der Waals surface area contributed by atoms with Crippen LogP contribution in [0.25, 0.3) is 0 Å². The van der Waals surface area contributed by atoms with Crippen LogP contribution >= 0.6 is 0 Å². The van der Waals surface area contributed by atoms with Crippen LogP contribution in [0.4, 0.5) is 0 Å². The molecule has 1 aliphatic rings. The maximum Gasteiger partial charge on any atom is 0.0593 e. The Hall–Kier alpha value is -0.120. The predicted octanol–water partition coefficient (Wildman–Crippen LogP) is 1.88. The summed E-state index contributed by atoms with van der Waals surface area (Å²) in [5.74, 6) is 0. The average Bonchev–Trinajstić information content (AvgIpc) is 3.10. The molecule has 0 atom stereocenters. The molecule has 0 bridgehead atoms. The van der Waals surface area contributed by atoms with Gasteiger partial charge in [-0.25, -0.2) is 0 Å². The molecule has 0 heterocycles. The molecule has 0 aliphatic heterocycles. The Balaban J connectivity index is 1.71. The van der Waals surface area contributed by atoms with Crippen LogP contribution in [0.2, 0.25) is 0 Å². The molecule has 16 heavy (non-hydrogen) atoms. The van der Waals surface area contributed by atoms with Crippen molar-refractivity contribution < 1.29 is 4.74 Å². The fraction of sp³-hybridized carbons (Fsp3) is 1.00. The lowest BCUT2D eigenvalue weighted by molar-refractivity contribution is 0.106. The monoisotopic (exact) mass is 228 g/mol. The minimum Gasteiger partial charge on any atom is -0.380 e. The summed E-state index contributed by atoms with van der Waals surface area (Å²) in [4.78, 5) is 2.42. The van der Waals surface area contributed by atoms with Crippen molar-refractivity contribution in [3.63, 3.8) is 0 Å². The zero-order chi connectivity index (χ0) is 11.6. The van der Waals surface area contributed by atoms with Crippen molar-refractivity contribution in [1.29, 1.82) is 0 Å². The number of nitrogens with zero attached hydrogens (tertiary/aromatic N) is 1. The molecule has 3 heteroatoms. The third-order valence-corrected chi connectivity index (χ3v) is 3.08. The zero-order valence-electron chi connectivity index (χ0n) is 11.0.